The Labute approximate surface area is 116 Å². The summed E-state index contributed by atoms with van der Waals surface area (Å²) in [6.45, 7) is 6.03. The summed E-state index contributed by atoms with van der Waals surface area (Å²) >= 11 is 0. The lowest BCUT2D eigenvalue weighted by Gasteiger charge is -2.23. The Kier molecular flexibility index (Phi) is 2.26. The Hall–Kier alpha value is -1.62. The average Bonchev–Trinajstić information content (AvgIpc) is 2.70. The largest absolute Gasteiger partial charge is 0.462 e. The minimum absolute atomic E-state index is 0.0618. The summed E-state index contributed by atoms with van der Waals surface area (Å²) < 4.78 is 16.6. The second-order valence-corrected chi connectivity index (χ2v) is 6.31. The number of esters is 2. The molecule has 0 aromatic heterocycles. The highest BCUT2D eigenvalue weighted by Gasteiger charge is 2.58. The second kappa shape index (κ2) is 3.73. The first-order chi connectivity index (χ1) is 9.46. The molecule has 0 N–H and O–H groups in total. The Morgan fingerprint density at radius 3 is 2.95 bits per heavy atom. The van der Waals surface area contributed by atoms with Gasteiger partial charge in [-0.15, -0.1) is 0 Å². The van der Waals surface area contributed by atoms with E-state index in [9.17, 15) is 9.59 Å². The quantitative estimate of drug-likeness (QED) is 0.379. The molecule has 4 rings (SSSR count). The molecule has 0 unspecified atom stereocenters. The van der Waals surface area contributed by atoms with Gasteiger partial charge in [0.25, 0.3) is 0 Å². The van der Waals surface area contributed by atoms with Gasteiger partial charge in [0.1, 0.15) is 18.3 Å². The molecule has 2 saturated heterocycles. The Bertz CT molecular complexity index is 563. The van der Waals surface area contributed by atoms with Crippen molar-refractivity contribution in [2.45, 2.75) is 50.1 Å². The van der Waals surface area contributed by atoms with Crippen LogP contribution in [0.3, 0.4) is 0 Å². The lowest BCUT2D eigenvalue weighted by atomic mass is 9.84. The van der Waals surface area contributed by atoms with E-state index in [0.717, 1.165) is 5.57 Å². The van der Waals surface area contributed by atoms with Crippen molar-refractivity contribution in [3.63, 3.8) is 0 Å². The van der Waals surface area contributed by atoms with Gasteiger partial charge >= 0.3 is 11.9 Å². The van der Waals surface area contributed by atoms with E-state index in [4.69, 9.17) is 14.2 Å². The molecule has 5 atom stereocenters. The summed E-state index contributed by atoms with van der Waals surface area (Å²) in [6, 6.07) is 0. The van der Waals surface area contributed by atoms with Gasteiger partial charge < -0.3 is 14.2 Å². The van der Waals surface area contributed by atoms with Crippen molar-refractivity contribution in [2.75, 3.05) is 0 Å². The lowest BCUT2D eigenvalue weighted by molar-refractivity contribution is -0.143. The highest BCUT2D eigenvalue weighted by molar-refractivity contribution is 5.91. The van der Waals surface area contributed by atoms with Crippen LogP contribution in [0.1, 0.15) is 26.2 Å². The summed E-state index contributed by atoms with van der Waals surface area (Å²) in [4.78, 5) is 23.5. The molecule has 0 radical (unpaired) electrons. The molecule has 3 aliphatic heterocycles. The summed E-state index contributed by atoms with van der Waals surface area (Å²) in [6.07, 6.45) is 2.57. The molecule has 2 bridgehead atoms. The van der Waals surface area contributed by atoms with Gasteiger partial charge in [0.15, 0.2) is 0 Å². The predicted molar refractivity (Wildman–Crippen MR) is 67.6 cm³/mol. The summed E-state index contributed by atoms with van der Waals surface area (Å²) in [7, 11) is 0. The summed E-state index contributed by atoms with van der Waals surface area (Å²) in [5.41, 5.74) is 1.18. The van der Waals surface area contributed by atoms with E-state index < -0.39 is 0 Å². The molecule has 1 aliphatic carbocycles. The number of ether oxygens (including phenoxy) is 3. The third kappa shape index (κ3) is 1.66. The van der Waals surface area contributed by atoms with Crippen molar-refractivity contribution in [3.05, 3.63) is 23.8 Å². The maximum absolute atomic E-state index is 11.9. The molecule has 20 heavy (non-hydrogen) atoms. The average molecular weight is 276 g/mol. The van der Waals surface area contributed by atoms with Crippen molar-refractivity contribution in [2.24, 2.45) is 5.92 Å². The molecule has 0 aromatic rings. The number of carbonyl (C=O) groups is 2. The van der Waals surface area contributed by atoms with Gasteiger partial charge in [0.2, 0.25) is 0 Å². The van der Waals surface area contributed by atoms with Gasteiger partial charge in [0, 0.05) is 24.3 Å². The lowest BCUT2D eigenvalue weighted by Crippen LogP contribution is -2.32. The van der Waals surface area contributed by atoms with Crippen molar-refractivity contribution >= 4 is 11.9 Å². The smallest absolute Gasteiger partial charge is 0.334 e. The van der Waals surface area contributed by atoms with E-state index in [0.29, 0.717) is 24.8 Å². The van der Waals surface area contributed by atoms with Crippen LogP contribution in [0.25, 0.3) is 0 Å². The van der Waals surface area contributed by atoms with Gasteiger partial charge in [0.05, 0.1) is 12.0 Å². The first kappa shape index (κ1) is 12.1. The maximum atomic E-state index is 11.9. The molecule has 5 heteroatoms. The Balaban J connectivity index is 1.72. The maximum Gasteiger partial charge on any atom is 0.334 e. The molecular weight excluding hydrogens is 260 g/mol. The number of epoxide rings is 1. The molecule has 0 amide bonds. The fraction of sp³-hybridized carbons (Fsp3) is 0.600. The predicted octanol–water partition coefficient (Wildman–Crippen LogP) is 1.28. The summed E-state index contributed by atoms with van der Waals surface area (Å²) in [5.74, 6) is -0.632. The fourth-order valence-corrected chi connectivity index (χ4v) is 3.63. The second-order valence-electron chi connectivity index (χ2n) is 6.31. The van der Waals surface area contributed by atoms with E-state index in [1.807, 2.05) is 13.0 Å². The van der Waals surface area contributed by atoms with Crippen molar-refractivity contribution in [3.8, 4) is 0 Å². The highest BCUT2D eigenvalue weighted by Crippen LogP contribution is 2.50. The van der Waals surface area contributed by atoms with Gasteiger partial charge in [-0.3, -0.25) is 4.79 Å². The number of fused-ring (bicyclic) bond motifs is 4. The van der Waals surface area contributed by atoms with Crippen LogP contribution in [0.15, 0.2) is 23.8 Å². The first-order valence-electron chi connectivity index (χ1n) is 6.93. The molecule has 0 aromatic carbocycles. The van der Waals surface area contributed by atoms with Crippen LogP contribution in [-0.4, -0.2) is 35.9 Å². The van der Waals surface area contributed by atoms with Gasteiger partial charge in [-0.25, -0.2) is 4.79 Å². The minimum Gasteiger partial charge on any atom is -0.462 e. The zero-order chi connectivity index (χ0) is 14.1. The Morgan fingerprint density at radius 2 is 2.15 bits per heavy atom. The van der Waals surface area contributed by atoms with Crippen molar-refractivity contribution < 1.29 is 23.8 Å². The Morgan fingerprint density at radius 1 is 1.35 bits per heavy atom. The molecule has 4 aliphatic rings. The standard InChI is InChI=1S/C15H16O5/c1-7-3-8-4-10(19-14(8)17)9-5-12(16)18-11(9)6-15(2)13(7)20-15/h4,9-11,13H,1,3,5-6H2,2H3/t9-,10+,11-,13+,15-/m0/s1. The molecular formula is C15H16O5. The molecule has 2 fully saturated rings. The van der Waals surface area contributed by atoms with Gasteiger partial charge in [-0.1, -0.05) is 6.58 Å². The summed E-state index contributed by atoms with van der Waals surface area (Å²) in [5, 5.41) is 0. The first-order valence-corrected chi connectivity index (χ1v) is 6.93. The number of hydrogen-bond donors (Lipinski definition) is 0. The van der Waals surface area contributed by atoms with Crippen LogP contribution in [0.2, 0.25) is 0 Å². The molecule has 0 spiro atoms. The number of carbonyl (C=O) groups excluding carboxylic acids is 2. The van der Waals surface area contributed by atoms with Crippen LogP contribution in [0.4, 0.5) is 0 Å². The molecule has 106 valence electrons. The van der Waals surface area contributed by atoms with E-state index in [1.165, 1.54) is 0 Å². The monoisotopic (exact) mass is 276 g/mol. The molecule has 0 saturated carbocycles. The molecule has 3 heterocycles. The van der Waals surface area contributed by atoms with Crippen LogP contribution in [0.5, 0.6) is 0 Å². The fourth-order valence-electron chi connectivity index (χ4n) is 3.63. The van der Waals surface area contributed by atoms with Gasteiger partial charge in [-0.05, 0) is 18.6 Å². The van der Waals surface area contributed by atoms with Crippen molar-refractivity contribution in [1.29, 1.82) is 0 Å². The van der Waals surface area contributed by atoms with Crippen molar-refractivity contribution in [1.82, 2.24) is 0 Å². The van der Waals surface area contributed by atoms with E-state index in [-0.39, 0.29) is 41.8 Å². The van der Waals surface area contributed by atoms with E-state index in [1.54, 1.807) is 0 Å². The molecule has 5 nitrogen and oxygen atoms in total. The number of rotatable bonds is 0. The highest BCUT2D eigenvalue weighted by atomic mass is 16.6. The third-order valence-corrected chi connectivity index (χ3v) is 4.73. The topological polar surface area (TPSA) is 65.1 Å². The zero-order valence-corrected chi connectivity index (χ0v) is 11.3. The van der Waals surface area contributed by atoms with Crippen LogP contribution in [-0.2, 0) is 23.8 Å². The van der Waals surface area contributed by atoms with Gasteiger partial charge in [-0.2, -0.15) is 0 Å². The van der Waals surface area contributed by atoms with Crippen LogP contribution in [0, 0.1) is 5.92 Å². The SMILES string of the molecule is C=C1CC2=C[C@@H](OC2=O)[C@@H]2CC(=O)O[C@H]2C[C@]2(C)O[C@H]12. The van der Waals surface area contributed by atoms with E-state index in [2.05, 4.69) is 6.58 Å². The van der Waals surface area contributed by atoms with E-state index >= 15 is 0 Å². The van der Waals surface area contributed by atoms with Crippen LogP contribution < -0.4 is 0 Å². The third-order valence-electron chi connectivity index (χ3n) is 4.73. The zero-order valence-electron chi connectivity index (χ0n) is 11.3. The minimum atomic E-state index is -0.361. The number of hydrogen-bond acceptors (Lipinski definition) is 5. The normalized spacial score (nSPS) is 46.0. The van der Waals surface area contributed by atoms with Crippen LogP contribution >= 0.6 is 0 Å².